The van der Waals surface area contributed by atoms with Crippen molar-refractivity contribution in [2.24, 2.45) is 0 Å². The fraction of sp³-hybridized carbons (Fsp3) is 0.456. The third-order valence-electron chi connectivity index (χ3n) is 12.0. The molecule has 6 unspecified atom stereocenters. The van der Waals surface area contributed by atoms with Gasteiger partial charge in [-0.2, -0.15) is 0 Å². The quantitative estimate of drug-likeness (QED) is 0.0347. The highest BCUT2D eigenvalue weighted by molar-refractivity contribution is 5.68. The summed E-state index contributed by atoms with van der Waals surface area (Å²) in [5.74, 6) is -0.255. The summed E-state index contributed by atoms with van der Waals surface area (Å²) >= 11 is 0. The summed E-state index contributed by atoms with van der Waals surface area (Å²) in [6.07, 6.45) is -13.1. The summed E-state index contributed by atoms with van der Waals surface area (Å²) in [6.45, 7) is -5.78. The molecule has 0 aliphatic carbocycles. The van der Waals surface area contributed by atoms with Gasteiger partial charge >= 0.3 is 5.97 Å². The molecule has 0 radical (unpaired) electrons. The fourth-order valence-electron chi connectivity index (χ4n) is 8.27. The van der Waals surface area contributed by atoms with Crippen LogP contribution in [0, 0.1) is 0 Å². The lowest BCUT2D eigenvalue weighted by Crippen LogP contribution is -2.66. The molecule has 2 N–H and O–H groups in total. The van der Waals surface area contributed by atoms with Gasteiger partial charge in [0.05, 0.1) is 52.1 Å². The number of unbranched alkanes of at least 4 members (excludes halogenated alkanes) is 5. The zero-order valence-corrected chi connectivity index (χ0v) is 39.9. The number of alkyl halides is 1. The van der Waals surface area contributed by atoms with Gasteiger partial charge < -0.3 is 57.6 Å². The van der Waals surface area contributed by atoms with Crippen LogP contribution in [-0.2, 0) is 85.1 Å². The van der Waals surface area contributed by atoms with E-state index in [-0.39, 0.29) is 25.8 Å². The lowest BCUT2D eigenvalue weighted by Gasteiger charge is -2.49. The van der Waals surface area contributed by atoms with Gasteiger partial charge in [0, 0.05) is 13.0 Å². The Morgan fingerprint density at radius 1 is 0.563 bits per heavy atom. The molecule has 2 fully saturated rings. The van der Waals surface area contributed by atoms with E-state index in [1.807, 2.05) is 30.3 Å². The van der Waals surface area contributed by atoms with Crippen LogP contribution in [0.5, 0.6) is 0 Å². The van der Waals surface area contributed by atoms with Gasteiger partial charge in [0.25, 0.3) is 0 Å². The Morgan fingerprint density at radius 2 is 1.04 bits per heavy atom. The third kappa shape index (κ3) is 17.1. The van der Waals surface area contributed by atoms with Gasteiger partial charge in [-0.25, -0.2) is 4.39 Å². The average molecular weight is 985 g/mol. The maximum atomic E-state index is 15.2. The van der Waals surface area contributed by atoms with Crippen molar-refractivity contribution in [1.82, 2.24) is 0 Å². The first-order valence-corrected chi connectivity index (χ1v) is 24.3. The van der Waals surface area contributed by atoms with Crippen molar-refractivity contribution in [2.45, 2.75) is 146 Å². The molecule has 14 heteroatoms. The summed E-state index contributed by atoms with van der Waals surface area (Å²) in [4.78, 5) is 11.6. The standard InChI is InChI=1S/C57H69FO13/c1-62-47(59)33-21-4-2-3-5-22-34-64-56-54(50(48(60)51(70-56)55(58)61)66-37-43-27-15-8-16-28-43)71-57-53(68-39-45-31-19-10-20-32-45)52(67-38-44-29-17-9-18-30-44)49(65-36-42-25-13-7-14-26-42)46(69-57)40-63-35-41-23-11-6-12-24-41/h6-20,23-32,46,48-57,60-61H,2-5,21-22,33-40H2,1H3/t46-,48+,49-,50+,51+,52+,53-,54-,55?,56+,57?/m1/s1/i35D,36D,38D,39D/t35?,36?,38?,39?,46-,48+,49-,50+,51+,52+,53-,54-,55?,56+,57?. The predicted octanol–water partition coefficient (Wildman–Crippen LogP) is 8.95. The zero-order valence-electron chi connectivity index (χ0n) is 43.9. The third-order valence-corrected chi connectivity index (χ3v) is 12.0. The smallest absolute Gasteiger partial charge is 0.305 e. The molecule has 5 aromatic carbocycles. The van der Waals surface area contributed by atoms with E-state index in [9.17, 15) is 19.1 Å². The van der Waals surface area contributed by atoms with Crippen LogP contribution in [0.15, 0.2) is 152 Å². The number of aliphatic hydroxyl groups is 2. The summed E-state index contributed by atoms with van der Waals surface area (Å²) in [6, 6.07) is 44.2. The Bertz CT molecular complexity index is 2360. The molecule has 2 heterocycles. The van der Waals surface area contributed by atoms with Crippen molar-refractivity contribution < 1.29 is 72.2 Å². The molecular weight excluding hydrogens is 912 g/mol. The number of aliphatic hydroxyl groups excluding tert-OH is 2. The number of rotatable bonds is 29. The second-order valence-corrected chi connectivity index (χ2v) is 17.3. The molecule has 7 rings (SSSR count). The second kappa shape index (κ2) is 29.5. The Labute approximate surface area is 422 Å². The van der Waals surface area contributed by atoms with Crippen LogP contribution in [0.4, 0.5) is 4.39 Å². The van der Waals surface area contributed by atoms with E-state index in [1.54, 1.807) is 121 Å². The molecule has 0 amide bonds. The minimum atomic E-state index is -2.68. The van der Waals surface area contributed by atoms with E-state index in [0.29, 0.717) is 47.1 Å². The van der Waals surface area contributed by atoms with Crippen molar-refractivity contribution in [3.63, 3.8) is 0 Å². The van der Waals surface area contributed by atoms with E-state index in [4.69, 9.17) is 48.7 Å². The largest absolute Gasteiger partial charge is 0.469 e. The number of ether oxygens (including phenoxy) is 10. The maximum Gasteiger partial charge on any atom is 0.305 e. The lowest BCUT2D eigenvalue weighted by atomic mass is 9.96. The molecule has 71 heavy (non-hydrogen) atoms. The van der Waals surface area contributed by atoms with Crippen molar-refractivity contribution in [3.05, 3.63) is 179 Å². The van der Waals surface area contributed by atoms with Gasteiger partial charge in [-0.1, -0.05) is 177 Å². The van der Waals surface area contributed by atoms with Gasteiger partial charge in [0.2, 0.25) is 6.36 Å². The van der Waals surface area contributed by atoms with Gasteiger partial charge in [0.1, 0.15) is 48.8 Å². The van der Waals surface area contributed by atoms with Crippen LogP contribution >= 0.6 is 0 Å². The molecule has 2 aliphatic rings. The van der Waals surface area contributed by atoms with Crippen molar-refractivity contribution in [1.29, 1.82) is 0 Å². The Morgan fingerprint density at radius 3 is 1.58 bits per heavy atom. The van der Waals surface area contributed by atoms with E-state index < -0.39 is 94.1 Å². The Kier molecular flexibility index (Phi) is 20.1. The summed E-state index contributed by atoms with van der Waals surface area (Å²) < 4.78 is 116. The molecule has 0 aromatic heterocycles. The van der Waals surface area contributed by atoms with Crippen LogP contribution in [0.25, 0.3) is 0 Å². The fourth-order valence-corrected chi connectivity index (χ4v) is 8.27. The second-order valence-electron chi connectivity index (χ2n) is 17.3. The first-order valence-electron chi connectivity index (χ1n) is 26.6. The highest BCUT2D eigenvalue weighted by Gasteiger charge is 2.55. The summed E-state index contributed by atoms with van der Waals surface area (Å²) in [7, 11) is 1.36. The molecule has 382 valence electrons. The predicted molar refractivity (Wildman–Crippen MR) is 262 cm³/mol. The topological polar surface area (TPSA) is 150 Å². The molecule has 2 saturated heterocycles. The molecule has 0 saturated carbocycles. The minimum Gasteiger partial charge on any atom is -0.469 e. The van der Waals surface area contributed by atoms with Gasteiger partial charge in [-0.05, 0) is 40.7 Å². The number of methoxy groups -OCH3 is 1. The molecule has 5 aromatic rings. The molecule has 2 aliphatic heterocycles. The SMILES string of the molecule is [2H]C(OC[C@H]1OC(O[C@H]2[C@@H](OCCCCCCCCC(=O)OC)O[C@H](C(O)F)[C@@H](O)[C@@H]2OCc2ccccc2)[C@H](OC([2H])c2ccccc2)[C@@H](OC([2H])c2ccccc2)[C@@H]1OC([2H])c1ccccc1)c1ccccc1. The number of halogens is 1. The lowest BCUT2D eigenvalue weighted by molar-refractivity contribution is -0.386. The van der Waals surface area contributed by atoms with Crippen molar-refractivity contribution >= 4 is 5.97 Å². The number of carbonyl (C=O) groups excluding carboxylic acids is 1. The Hall–Kier alpha value is -4.94. The van der Waals surface area contributed by atoms with E-state index in [2.05, 4.69) is 0 Å². The highest BCUT2D eigenvalue weighted by atomic mass is 19.1. The first-order chi connectivity index (χ1) is 36.5. The molecule has 0 spiro atoms. The van der Waals surface area contributed by atoms with Crippen LogP contribution < -0.4 is 0 Å². The molecule has 15 atom stereocenters. The summed E-state index contributed by atoms with van der Waals surface area (Å²) in [5.41, 5.74) is 2.63. The number of benzene rings is 5. The normalized spacial score (nSPS) is 27.4. The van der Waals surface area contributed by atoms with Crippen molar-refractivity contribution in [2.75, 3.05) is 20.3 Å². The first kappa shape index (κ1) is 48.3. The Balaban J connectivity index is 1.27. The van der Waals surface area contributed by atoms with Gasteiger partial charge in [0.15, 0.2) is 12.6 Å². The number of hydrogen-bond donors (Lipinski definition) is 2. The van der Waals surface area contributed by atoms with E-state index in [1.165, 1.54) is 7.11 Å². The molecular formula is C57H69FO13. The number of hydrogen-bond acceptors (Lipinski definition) is 13. The zero-order chi connectivity index (χ0) is 52.9. The van der Waals surface area contributed by atoms with E-state index >= 15 is 4.39 Å². The van der Waals surface area contributed by atoms with Crippen molar-refractivity contribution in [3.8, 4) is 0 Å². The van der Waals surface area contributed by atoms with Crippen LogP contribution in [0.2, 0.25) is 0 Å². The monoisotopic (exact) mass is 984 g/mol. The number of esters is 1. The van der Waals surface area contributed by atoms with Crippen LogP contribution in [-0.4, -0.2) is 104 Å². The van der Waals surface area contributed by atoms with Crippen LogP contribution in [0.3, 0.4) is 0 Å². The molecule has 13 nitrogen and oxygen atoms in total. The number of carbonyl (C=O) groups is 1. The van der Waals surface area contributed by atoms with E-state index in [0.717, 1.165) is 25.7 Å². The van der Waals surface area contributed by atoms with Gasteiger partial charge in [-0.15, -0.1) is 0 Å². The van der Waals surface area contributed by atoms with Crippen LogP contribution in [0.1, 0.15) is 78.2 Å². The minimum absolute atomic E-state index is 0.0714. The average Bonchev–Trinajstić information content (AvgIpc) is 3.44. The summed E-state index contributed by atoms with van der Waals surface area (Å²) in [5, 5.41) is 22.3. The highest BCUT2D eigenvalue weighted by Crippen LogP contribution is 2.36. The van der Waals surface area contributed by atoms with Gasteiger partial charge in [-0.3, -0.25) is 4.79 Å². The molecule has 0 bridgehead atoms. The maximum absolute atomic E-state index is 15.2.